The smallest absolute Gasteiger partial charge is 0.306 e. The number of carboxylic acid groups (broad SMARTS) is 1. The van der Waals surface area contributed by atoms with Crippen molar-refractivity contribution in [3.8, 4) is 0 Å². The van der Waals surface area contributed by atoms with Crippen molar-refractivity contribution < 1.29 is 19.4 Å². The molecule has 48 heavy (non-hydrogen) atoms. The van der Waals surface area contributed by atoms with Crippen LogP contribution in [-0.4, -0.2) is 23.1 Å². The lowest BCUT2D eigenvalue weighted by molar-refractivity contribution is -0.147. The third kappa shape index (κ3) is 37.3. The first-order valence-corrected chi connectivity index (χ1v) is 19.2. The Bertz CT molecular complexity index is 976. The lowest BCUT2D eigenvalue weighted by atomic mass is 10.1. The molecule has 0 aliphatic carbocycles. The second-order valence-electron chi connectivity index (χ2n) is 12.4. The van der Waals surface area contributed by atoms with E-state index in [2.05, 4.69) is 111 Å². The minimum absolute atomic E-state index is 0.107. The van der Waals surface area contributed by atoms with Crippen molar-refractivity contribution in [3.63, 3.8) is 0 Å². The predicted octanol–water partition coefficient (Wildman–Crippen LogP) is 13.4. The fraction of sp³-hybridized carbons (Fsp3) is 0.591. The maximum atomic E-state index is 12.6. The van der Waals surface area contributed by atoms with E-state index < -0.39 is 5.97 Å². The summed E-state index contributed by atoms with van der Waals surface area (Å²) in [7, 11) is 0. The molecule has 0 aromatic heterocycles. The highest BCUT2D eigenvalue weighted by atomic mass is 16.5. The molecule has 0 aliphatic rings. The standard InChI is InChI=1S/C44H70O4/c1-3-5-7-9-11-13-15-16-17-18-19-20-21-22-24-26-28-33-37-41-44(47)48-42(39-35-31-29-32-36-40-43(45)46)38-34-30-27-25-23-14-12-10-8-6-4-2/h5,7,11-14,16-17,19-20,22,24-25,27,34,38,42H,3-4,6,8-10,15,18,21,23,26,28-33,35-37,39-41H2,1-2H3,(H,45,46)/b7-5-,13-11-,14-12-,17-16-,20-19-,24-22-,27-25-,38-34-. The van der Waals surface area contributed by atoms with Crippen molar-refractivity contribution in [1.29, 1.82) is 0 Å². The Kier molecular flexibility index (Phi) is 35.8. The number of carbonyl (C=O) groups is 2. The summed E-state index contributed by atoms with van der Waals surface area (Å²) in [5.74, 6) is -0.830. The van der Waals surface area contributed by atoms with Gasteiger partial charge in [-0.15, -0.1) is 0 Å². The van der Waals surface area contributed by atoms with Crippen LogP contribution in [0.4, 0.5) is 0 Å². The van der Waals surface area contributed by atoms with Gasteiger partial charge in [-0.1, -0.05) is 144 Å². The van der Waals surface area contributed by atoms with Crippen LogP contribution in [0.3, 0.4) is 0 Å². The first-order valence-electron chi connectivity index (χ1n) is 19.2. The second-order valence-corrected chi connectivity index (χ2v) is 12.4. The Balaban J connectivity index is 4.25. The summed E-state index contributed by atoms with van der Waals surface area (Å²) >= 11 is 0. The van der Waals surface area contributed by atoms with Crippen molar-refractivity contribution in [2.45, 2.75) is 168 Å². The topological polar surface area (TPSA) is 63.6 Å². The first kappa shape index (κ1) is 44.9. The molecule has 0 saturated carbocycles. The van der Waals surface area contributed by atoms with Crippen LogP contribution in [0, 0.1) is 0 Å². The van der Waals surface area contributed by atoms with Crippen molar-refractivity contribution >= 4 is 11.9 Å². The molecule has 270 valence electrons. The Morgan fingerprint density at radius 1 is 0.500 bits per heavy atom. The zero-order valence-electron chi connectivity index (χ0n) is 30.8. The normalized spacial score (nSPS) is 13.4. The summed E-state index contributed by atoms with van der Waals surface area (Å²) in [6, 6.07) is 0. The number of ether oxygens (including phenoxy) is 1. The molecule has 0 fully saturated rings. The van der Waals surface area contributed by atoms with Crippen molar-refractivity contribution in [2.75, 3.05) is 0 Å². The van der Waals surface area contributed by atoms with E-state index in [1.807, 2.05) is 0 Å². The molecule has 0 aromatic carbocycles. The summed E-state index contributed by atoms with van der Waals surface area (Å²) in [6.07, 6.45) is 57.1. The molecule has 0 aromatic rings. The largest absolute Gasteiger partial charge is 0.481 e. The maximum Gasteiger partial charge on any atom is 0.306 e. The van der Waals surface area contributed by atoms with E-state index in [0.29, 0.717) is 6.42 Å². The highest BCUT2D eigenvalue weighted by Crippen LogP contribution is 2.14. The van der Waals surface area contributed by atoms with Crippen LogP contribution in [0.1, 0.15) is 162 Å². The first-order chi connectivity index (χ1) is 23.6. The van der Waals surface area contributed by atoms with E-state index in [9.17, 15) is 9.59 Å². The average molecular weight is 663 g/mol. The lowest BCUT2D eigenvalue weighted by Gasteiger charge is -2.14. The molecule has 1 unspecified atom stereocenters. The number of hydrogen-bond donors (Lipinski definition) is 1. The SMILES string of the molecule is CC/C=C\C/C=C\C/C=C\C/C=C\C/C=C\CCCCCC(=O)OC(/C=C\C/C=C\C/C=C\CCCCC)CCCCCCCC(=O)O. The molecule has 4 nitrogen and oxygen atoms in total. The molecular formula is C44H70O4. The summed E-state index contributed by atoms with van der Waals surface area (Å²) in [5.41, 5.74) is 0. The molecule has 0 aliphatic heterocycles. The van der Waals surface area contributed by atoms with E-state index in [-0.39, 0.29) is 18.5 Å². The summed E-state index contributed by atoms with van der Waals surface area (Å²) in [5, 5.41) is 8.80. The molecule has 1 atom stereocenters. The Hall–Kier alpha value is -3.14. The van der Waals surface area contributed by atoms with Gasteiger partial charge in [0, 0.05) is 12.8 Å². The number of hydrogen-bond acceptors (Lipinski definition) is 3. The third-order valence-electron chi connectivity index (χ3n) is 7.77. The average Bonchev–Trinajstić information content (AvgIpc) is 3.07. The van der Waals surface area contributed by atoms with Crippen LogP contribution in [0.25, 0.3) is 0 Å². The highest BCUT2D eigenvalue weighted by molar-refractivity contribution is 5.69. The van der Waals surface area contributed by atoms with E-state index in [0.717, 1.165) is 109 Å². The molecule has 0 spiro atoms. The molecular weight excluding hydrogens is 592 g/mol. The fourth-order valence-corrected chi connectivity index (χ4v) is 4.96. The number of aliphatic carboxylic acids is 1. The number of unbranched alkanes of at least 4 members (excludes halogenated alkanes) is 10. The van der Waals surface area contributed by atoms with Gasteiger partial charge in [-0.25, -0.2) is 0 Å². The van der Waals surface area contributed by atoms with Gasteiger partial charge >= 0.3 is 11.9 Å². The molecule has 1 N–H and O–H groups in total. The third-order valence-corrected chi connectivity index (χ3v) is 7.77. The van der Waals surface area contributed by atoms with Crippen molar-refractivity contribution in [3.05, 3.63) is 97.2 Å². The van der Waals surface area contributed by atoms with Gasteiger partial charge in [0.05, 0.1) is 0 Å². The summed E-state index contributed by atoms with van der Waals surface area (Å²) in [6.45, 7) is 4.38. The maximum absolute atomic E-state index is 12.6. The number of allylic oxidation sites excluding steroid dienone is 15. The minimum atomic E-state index is -0.724. The van der Waals surface area contributed by atoms with Crippen LogP contribution in [-0.2, 0) is 14.3 Å². The van der Waals surface area contributed by atoms with Gasteiger partial charge in [0.2, 0.25) is 0 Å². The molecule has 0 rings (SSSR count). The Morgan fingerprint density at radius 3 is 1.48 bits per heavy atom. The number of rotatable bonds is 33. The number of esters is 1. The summed E-state index contributed by atoms with van der Waals surface area (Å²) in [4.78, 5) is 23.3. The van der Waals surface area contributed by atoms with Crippen molar-refractivity contribution in [2.24, 2.45) is 0 Å². The van der Waals surface area contributed by atoms with Crippen LogP contribution in [0.2, 0.25) is 0 Å². The quantitative estimate of drug-likeness (QED) is 0.0431. The van der Waals surface area contributed by atoms with Gasteiger partial charge in [-0.2, -0.15) is 0 Å². The Morgan fingerprint density at radius 2 is 0.938 bits per heavy atom. The van der Waals surface area contributed by atoms with Crippen LogP contribution < -0.4 is 0 Å². The fourth-order valence-electron chi connectivity index (χ4n) is 4.96. The van der Waals surface area contributed by atoms with Gasteiger partial charge in [-0.05, 0) is 102 Å². The molecule has 0 amide bonds. The van der Waals surface area contributed by atoms with Gasteiger partial charge < -0.3 is 9.84 Å². The van der Waals surface area contributed by atoms with Gasteiger partial charge in [0.1, 0.15) is 6.10 Å². The highest BCUT2D eigenvalue weighted by Gasteiger charge is 2.11. The molecule has 4 heteroatoms. The lowest BCUT2D eigenvalue weighted by Crippen LogP contribution is -2.16. The molecule has 0 bridgehead atoms. The van der Waals surface area contributed by atoms with Crippen LogP contribution in [0.5, 0.6) is 0 Å². The predicted molar refractivity (Wildman–Crippen MR) is 208 cm³/mol. The van der Waals surface area contributed by atoms with Gasteiger partial charge in [0.25, 0.3) is 0 Å². The second kappa shape index (κ2) is 38.3. The van der Waals surface area contributed by atoms with E-state index in [4.69, 9.17) is 9.84 Å². The van der Waals surface area contributed by atoms with Gasteiger partial charge in [-0.3, -0.25) is 9.59 Å². The molecule has 0 heterocycles. The molecule has 0 radical (unpaired) electrons. The van der Waals surface area contributed by atoms with E-state index >= 15 is 0 Å². The van der Waals surface area contributed by atoms with Crippen molar-refractivity contribution in [1.82, 2.24) is 0 Å². The van der Waals surface area contributed by atoms with Crippen LogP contribution in [0.15, 0.2) is 97.2 Å². The summed E-state index contributed by atoms with van der Waals surface area (Å²) < 4.78 is 5.87. The Labute approximate surface area is 295 Å². The number of carboxylic acids is 1. The van der Waals surface area contributed by atoms with Gasteiger partial charge in [0.15, 0.2) is 0 Å². The van der Waals surface area contributed by atoms with E-state index in [1.165, 1.54) is 25.7 Å². The number of carbonyl (C=O) groups excluding carboxylic acids is 1. The zero-order valence-corrected chi connectivity index (χ0v) is 30.8. The van der Waals surface area contributed by atoms with E-state index in [1.54, 1.807) is 0 Å². The van der Waals surface area contributed by atoms with Crippen LogP contribution >= 0.6 is 0 Å². The monoisotopic (exact) mass is 663 g/mol. The molecule has 0 saturated heterocycles. The minimum Gasteiger partial charge on any atom is -0.481 e. The zero-order chi connectivity index (χ0) is 35.0.